The molecule has 24 heavy (non-hydrogen) atoms. The molecule has 1 unspecified atom stereocenters. The second kappa shape index (κ2) is 8.52. The van der Waals surface area contributed by atoms with Crippen LogP contribution in [-0.2, 0) is 9.53 Å². The summed E-state index contributed by atoms with van der Waals surface area (Å²) in [6, 6.07) is 2.91. The smallest absolute Gasteiger partial charge is 0.342 e. The molecule has 1 aromatic rings. The Hall–Kier alpha value is -2.30. The van der Waals surface area contributed by atoms with Gasteiger partial charge in [-0.1, -0.05) is 12.2 Å². The van der Waals surface area contributed by atoms with Gasteiger partial charge >= 0.3 is 5.97 Å². The third-order valence-corrected chi connectivity index (χ3v) is 4.04. The summed E-state index contributed by atoms with van der Waals surface area (Å²) in [4.78, 5) is 24.3. The fourth-order valence-corrected chi connectivity index (χ4v) is 2.77. The molecule has 130 valence electrons. The number of methoxy groups -OCH3 is 1. The number of hydrogen-bond acceptors (Lipinski definition) is 5. The topological polar surface area (TPSA) is 72.8 Å². The minimum atomic E-state index is -0.484. The number of hydrogen-bond donors (Lipinski definition) is 1. The van der Waals surface area contributed by atoms with Gasteiger partial charge in [0.1, 0.15) is 22.8 Å². The summed E-state index contributed by atoms with van der Waals surface area (Å²) in [7, 11) is 1.45. The molecule has 1 aliphatic heterocycles. The van der Waals surface area contributed by atoms with Gasteiger partial charge in [0.05, 0.1) is 13.2 Å². The van der Waals surface area contributed by atoms with E-state index in [0.717, 1.165) is 12.8 Å². The Morgan fingerprint density at radius 3 is 2.71 bits per heavy atom. The molecular weight excluding hydrogens is 308 g/mol. The van der Waals surface area contributed by atoms with Crippen LogP contribution in [0.2, 0.25) is 0 Å². The normalized spacial score (nSPS) is 21.3. The van der Waals surface area contributed by atoms with Crippen molar-refractivity contribution in [3.63, 3.8) is 0 Å². The molecular formula is C19H24O5. The quantitative estimate of drug-likeness (QED) is 0.790. The molecule has 2 rings (SSSR count). The lowest BCUT2D eigenvalue weighted by atomic mass is 10.0. The van der Waals surface area contributed by atoms with Crippen LogP contribution in [0.25, 0.3) is 6.08 Å². The maximum Gasteiger partial charge on any atom is 0.342 e. The van der Waals surface area contributed by atoms with Crippen molar-refractivity contribution >= 4 is 17.8 Å². The van der Waals surface area contributed by atoms with Gasteiger partial charge in [0.2, 0.25) is 0 Å². The lowest BCUT2D eigenvalue weighted by Crippen LogP contribution is -2.17. The number of carbonyl (C=O) groups excluding carboxylic acids is 2. The molecule has 5 nitrogen and oxygen atoms in total. The lowest BCUT2D eigenvalue weighted by molar-refractivity contribution is -0.119. The van der Waals surface area contributed by atoms with Gasteiger partial charge in [-0.3, -0.25) is 4.79 Å². The van der Waals surface area contributed by atoms with Crippen molar-refractivity contribution in [1.82, 2.24) is 0 Å². The number of ketones is 1. The van der Waals surface area contributed by atoms with Crippen molar-refractivity contribution < 1.29 is 24.2 Å². The number of benzene rings is 1. The van der Waals surface area contributed by atoms with Gasteiger partial charge in [-0.05, 0) is 44.2 Å². The molecule has 0 aliphatic carbocycles. The number of phenols is 1. The third kappa shape index (κ3) is 4.85. The summed E-state index contributed by atoms with van der Waals surface area (Å²) in [5, 5.41) is 9.83. The van der Waals surface area contributed by atoms with E-state index in [4.69, 9.17) is 9.47 Å². The van der Waals surface area contributed by atoms with E-state index in [2.05, 4.69) is 0 Å². The fraction of sp³-hybridized carbons (Fsp3) is 0.474. The van der Waals surface area contributed by atoms with Gasteiger partial charge in [0.15, 0.2) is 0 Å². The first-order valence-corrected chi connectivity index (χ1v) is 8.31. The van der Waals surface area contributed by atoms with Crippen molar-refractivity contribution in [1.29, 1.82) is 0 Å². The molecule has 0 aromatic heterocycles. The number of rotatable bonds is 1. The molecule has 1 heterocycles. The Labute approximate surface area is 142 Å². The Morgan fingerprint density at radius 1 is 1.21 bits per heavy atom. The molecule has 0 saturated heterocycles. The second-order valence-electron chi connectivity index (χ2n) is 6.05. The van der Waals surface area contributed by atoms with E-state index in [1.807, 2.05) is 13.0 Å². The number of phenolic OH excluding ortho intramolecular Hbond substituents is 1. The van der Waals surface area contributed by atoms with Gasteiger partial charge in [-0.15, -0.1) is 0 Å². The highest BCUT2D eigenvalue weighted by atomic mass is 16.5. The molecule has 0 bridgehead atoms. The highest BCUT2D eigenvalue weighted by Crippen LogP contribution is 2.30. The molecule has 0 saturated carbocycles. The van der Waals surface area contributed by atoms with Gasteiger partial charge in [0, 0.05) is 18.9 Å². The monoisotopic (exact) mass is 332 g/mol. The highest BCUT2D eigenvalue weighted by molar-refractivity contribution is 5.97. The first-order chi connectivity index (χ1) is 11.5. The van der Waals surface area contributed by atoms with E-state index < -0.39 is 5.97 Å². The summed E-state index contributed by atoms with van der Waals surface area (Å²) in [5.74, 6) is 0.0719. The van der Waals surface area contributed by atoms with E-state index in [1.54, 1.807) is 6.08 Å². The van der Waals surface area contributed by atoms with Crippen molar-refractivity contribution in [2.75, 3.05) is 7.11 Å². The van der Waals surface area contributed by atoms with Gasteiger partial charge in [-0.2, -0.15) is 0 Å². The Balaban J connectivity index is 2.36. The van der Waals surface area contributed by atoms with E-state index >= 15 is 0 Å². The number of cyclic esters (lactones) is 1. The molecule has 0 amide bonds. The second-order valence-corrected chi connectivity index (χ2v) is 6.05. The molecule has 0 spiro atoms. The van der Waals surface area contributed by atoms with E-state index in [1.165, 1.54) is 19.2 Å². The van der Waals surface area contributed by atoms with Gasteiger partial charge < -0.3 is 14.6 Å². The predicted octanol–water partition coefficient (Wildman–Crippen LogP) is 3.88. The number of ether oxygens (including phenoxy) is 2. The van der Waals surface area contributed by atoms with Gasteiger partial charge in [0.25, 0.3) is 0 Å². The first kappa shape index (κ1) is 18.0. The lowest BCUT2D eigenvalue weighted by Gasteiger charge is -2.17. The summed E-state index contributed by atoms with van der Waals surface area (Å²) in [6.07, 6.45) is 7.33. The molecule has 1 atom stereocenters. The van der Waals surface area contributed by atoms with Gasteiger partial charge in [-0.25, -0.2) is 4.79 Å². The Morgan fingerprint density at radius 2 is 1.96 bits per heavy atom. The summed E-state index contributed by atoms with van der Waals surface area (Å²) < 4.78 is 10.7. The van der Waals surface area contributed by atoms with Crippen molar-refractivity contribution in [3.8, 4) is 11.5 Å². The van der Waals surface area contributed by atoms with Crippen molar-refractivity contribution in [2.45, 2.75) is 51.6 Å². The van der Waals surface area contributed by atoms with Crippen LogP contribution in [0.4, 0.5) is 0 Å². The SMILES string of the molecule is COc1cc(O)cc2c1C(=O)OC(C)CCCC(=O)CCC/C=C\2. The summed E-state index contributed by atoms with van der Waals surface area (Å²) in [6.45, 7) is 1.82. The van der Waals surface area contributed by atoms with Crippen LogP contribution in [0, 0.1) is 0 Å². The van der Waals surface area contributed by atoms with Crippen molar-refractivity contribution in [3.05, 3.63) is 29.3 Å². The molecule has 0 fully saturated rings. The van der Waals surface area contributed by atoms with Crippen LogP contribution in [0.5, 0.6) is 11.5 Å². The number of carbonyl (C=O) groups is 2. The molecule has 5 heteroatoms. The van der Waals surface area contributed by atoms with Crippen LogP contribution in [0.15, 0.2) is 18.2 Å². The summed E-state index contributed by atoms with van der Waals surface area (Å²) >= 11 is 0. The zero-order valence-corrected chi connectivity index (χ0v) is 14.2. The Bertz CT molecular complexity index is 633. The number of allylic oxidation sites excluding steroid dienone is 1. The highest BCUT2D eigenvalue weighted by Gasteiger charge is 2.21. The van der Waals surface area contributed by atoms with Crippen LogP contribution in [-0.4, -0.2) is 30.1 Å². The Kier molecular flexibility index (Phi) is 6.41. The fourth-order valence-electron chi connectivity index (χ4n) is 2.77. The average Bonchev–Trinajstić information content (AvgIpc) is 2.52. The maximum absolute atomic E-state index is 12.6. The van der Waals surface area contributed by atoms with Crippen molar-refractivity contribution in [2.24, 2.45) is 0 Å². The zero-order valence-electron chi connectivity index (χ0n) is 14.2. The minimum absolute atomic E-state index is 0.0207. The molecule has 0 radical (unpaired) electrons. The van der Waals surface area contributed by atoms with E-state index in [9.17, 15) is 14.7 Å². The van der Waals surface area contributed by atoms with Crippen LogP contribution < -0.4 is 4.74 Å². The molecule has 1 N–H and O–H groups in total. The summed E-state index contributed by atoms with van der Waals surface area (Å²) in [5.41, 5.74) is 0.860. The standard InChI is InChI=1S/C19H24O5/c1-13-7-6-10-15(20)9-5-3-4-8-14-11-16(21)12-17(23-2)18(14)19(22)24-13/h4,8,11-13,21H,3,5-7,9-10H2,1-2H3/b8-4-. The maximum atomic E-state index is 12.6. The van der Waals surface area contributed by atoms with Crippen LogP contribution in [0.1, 0.15) is 61.4 Å². The van der Waals surface area contributed by atoms with E-state index in [-0.39, 0.29) is 23.4 Å². The zero-order chi connectivity index (χ0) is 17.5. The third-order valence-electron chi connectivity index (χ3n) is 4.04. The van der Waals surface area contributed by atoms with Crippen LogP contribution >= 0.6 is 0 Å². The first-order valence-electron chi connectivity index (χ1n) is 8.31. The van der Waals surface area contributed by atoms with Crippen LogP contribution in [0.3, 0.4) is 0 Å². The van der Waals surface area contributed by atoms with E-state index in [0.29, 0.717) is 36.8 Å². The molecule has 1 aliphatic rings. The largest absolute Gasteiger partial charge is 0.508 e. The number of esters is 1. The number of fused-ring (bicyclic) bond motifs is 1. The predicted molar refractivity (Wildman–Crippen MR) is 91.3 cm³/mol. The number of aromatic hydroxyl groups is 1. The number of Topliss-reactive ketones (excluding diaryl/α,β-unsaturated/α-hetero) is 1. The minimum Gasteiger partial charge on any atom is -0.508 e. The molecule has 1 aromatic carbocycles. The average molecular weight is 332 g/mol.